The van der Waals surface area contributed by atoms with Gasteiger partial charge in [0.2, 0.25) is 0 Å². The van der Waals surface area contributed by atoms with Gasteiger partial charge in [-0.3, -0.25) is 0 Å². The van der Waals surface area contributed by atoms with Crippen LogP contribution in [0.1, 0.15) is 25.5 Å². The Morgan fingerprint density at radius 1 is 1.44 bits per heavy atom. The van der Waals surface area contributed by atoms with Crippen molar-refractivity contribution in [3.8, 4) is 11.1 Å². The molecule has 2 aromatic rings. The third kappa shape index (κ3) is 2.34. The van der Waals surface area contributed by atoms with E-state index in [2.05, 4.69) is 12.1 Å². The minimum atomic E-state index is -0.494. The largest absolute Gasteiger partial charge is 0.380 e. The lowest BCUT2D eigenvalue weighted by Gasteiger charge is -2.05. The third-order valence-corrected chi connectivity index (χ3v) is 3.06. The molecule has 0 aliphatic carbocycles. The van der Waals surface area contributed by atoms with E-state index >= 15 is 0 Å². The molecule has 0 amide bonds. The molecule has 3 nitrogen and oxygen atoms in total. The quantitative estimate of drug-likeness (QED) is 0.910. The highest BCUT2D eigenvalue weighted by molar-refractivity contribution is 6.31. The molecule has 1 aromatic carbocycles. The second kappa shape index (κ2) is 5.40. The van der Waals surface area contributed by atoms with E-state index in [0.717, 1.165) is 12.8 Å². The van der Waals surface area contributed by atoms with E-state index < -0.39 is 5.82 Å². The average Bonchev–Trinajstić information content (AvgIpc) is 2.72. The zero-order valence-electron chi connectivity index (χ0n) is 10.0. The summed E-state index contributed by atoms with van der Waals surface area (Å²) in [4.78, 5) is 0. The van der Waals surface area contributed by atoms with Crippen LogP contribution in [-0.2, 0) is 6.42 Å². The van der Waals surface area contributed by atoms with Crippen LogP contribution in [0, 0.1) is 5.82 Å². The zero-order valence-corrected chi connectivity index (χ0v) is 10.8. The number of benzene rings is 1. The van der Waals surface area contributed by atoms with E-state index in [0.29, 0.717) is 23.3 Å². The van der Waals surface area contributed by atoms with Gasteiger partial charge in [0.1, 0.15) is 11.6 Å². The number of nitrogen functional groups attached to an aromatic ring is 1. The number of hydrogen-bond donors (Lipinski definition) is 1. The summed E-state index contributed by atoms with van der Waals surface area (Å²) in [5.41, 5.74) is 6.61. The van der Waals surface area contributed by atoms with Crippen LogP contribution in [0.25, 0.3) is 11.1 Å². The number of nitrogens with two attached hydrogens (primary N) is 1. The summed E-state index contributed by atoms with van der Waals surface area (Å²) in [5.74, 6) is 0.310. The predicted molar refractivity (Wildman–Crippen MR) is 69.9 cm³/mol. The van der Waals surface area contributed by atoms with Crippen molar-refractivity contribution in [1.29, 1.82) is 0 Å². The van der Waals surface area contributed by atoms with E-state index in [9.17, 15) is 4.39 Å². The molecule has 0 bridgehead atoms. The van der Waals surface area contributed by atoms with E-state index in [1.807, 2.05) is 0 Å². The first-order valence-corrected chi connectivity index (χ1v) is 6.21. The van der Waals surface area contributed by atoms with E-state index in [1.54, 1.807) is 12.1 Å². The van der Waals surface area contributed by atoms with E-state index in [1.165, 1.54) is 6.07 Å². The van der Waals surface area contributed by atoms with Gasteiger partial charge in [-0.2, -0.15) is 0 Å². The predicted octanol–water partition coefficient (Wildman–Crippen LogP) is 4.06. The lowest BCUT2D eigenvalue weighted by atomic mass is 10.0. The summed E-state index contributed by atoms with van der Waals surface area (Å²) in [6.07, 6.45) is 2.63. The van der Waals surface area contributed by atoms with Crippen molar-refractivity contribution in [1.82, 2.24) is 5.16 Å². The van der Waals surface area contributed by atoms with Crippen molar-refractivity contribution in [2.45, 2.75) is 26.2 Å². The fraction of sp³-hybridized carbons (Fsp3) is 0.308. The molecule has 0 fully saturated rings. The number of aromatic nitrogens is 1. The molecule has 2 rings (SSSR count). The van der Waals surface area contributed by atoms with Crippen LogP contribution in [0.4, 0.5) is 10.2 Å². The number of halogens is 2. The molecule has 5 heteroatoms. The summed E-state index contributed by atoms with van der Waals surface area (Å²) < 4.78 is 19.2. The molecule has 0 saturated heterocycles. The van der Waals surface area contributed by atoms with Gasteiger partial charge in [0, 0.05) is 12.0 Å². The monoisotopic (exact) mass is 268 g/mol. The summed E-state index contributed by atoms with van der Waals surface area (Å²) >= 11 is 5.77. The van der Waals surface area contributed by atoms with Crippen LogP contribution in [0.3, 0.4) is 0 Å². The van der Waals surface area contributed by atoms with Crippen LogP contribution < -0.4 is 5.73 Å². The number of nitrogens with zero attached hydrogens (tertiary/aromatic N) is 1. The smallest absolute Gasteiger partial charge is 0.175 e. The standard InChI is InChI=1S/C13H14ClFN2O/c1-2-3-7-10-11(13(16)17-18-10)8-5-4-6-9(14)12(8)15/h4-6H,2-3,7H2,1H3,(H2,16,17). The Balaban J connectivity index is 2.49. The first-order valence-electron chi connectivity index (χ1n) is 5.83. The van der Waals surface area contributed by atoms with Crippen LogP contribution in [-0.4, -0.2) is 5.16 Å². The van der Waals surface area contributed by atoms with Crippen molar-refractivity contribution in [2.75, 3.05) is 5.73 Å². The van der Waals surface area contributed by atoms with Crippen molar-refractivity contribution in [3.05, 3.63) is 34.8 Å². The highest BCUT2D eigenvalue weighted by atomic mass is 35.5. The fourth-order valence-corrected chi connectivity index (χ4v) is 2.01. The van der Waals surface area contributed by atoms with E-state index in [-0.39, 0.29) is 10.8 Å². The Kier molecular flexibility index (Phi) is 3.87. The Morgan fingerprint density at radius 2 is 2.22 bits per heavy atom. The number of anilines is 1. The number of rotatable bonds is 4. The SMILES string of the molecule is CCCCc1onc(N)c1-c1cccc(Cl)c1F. The first kappa shape index (κ1) is 12.9. The van der Waals surface area contributed by atoms with Crippen molar-refractivity contribution in [3.63, 3.8) is 0 Å². The van der Waals surface area contributed by atoms with Crippen molar-refractivity contribution >= 4 is 17.4 Å². The molecule has 2 N–H and O–H groups in total. The van der Waals surface area contributed by atoms with Crippen LogP contribution >= 0.6 is 11.6 Å². The van der Waals surface area contributed by atoms with Gasteiger partial charge < -0.3 is 10.3 Å². The average molecular weight is 269 g/mol. The number of hydrogen-bond acceptors (Lipinski definition) is 3. The van der Waals surface area contributed by atoms with Gasteiger partial charge in [0.25, 0.3) is 0 Å². The summed E-state index contributed by atoms with van der Waals surface area (Å²) in [6, 6.07) is 4.80. The topological polar surface area (TPSA) is 52.0 Å². The maximum atomic E-state index is 14.0. The molecule has 1 aromatic heterocycles. The Labute approximate surface area is 110 Å². The van der Waals surface area contributed by atoms with Gasteiger partial charge in [-0.25, -0.2) is 4.39 Å². The van der Waals surface area contributed by atoms with Crippen LogP contribution in [0.2, 0.25) is 5.02 Å². The van der Waals surface area contributed by atoms with Gasteiger partial charge in [-0.1, -0.05) is 42.2 Å². The molecule has 96 valence electrons. The van der Waals surface area contributed by atoms with Gasteiger partial charge in [0.05, 0.1) is 10.6 Å². The van der Waals surface area contributed by atoms with Gasteiger partial charge in [0.15, 0.2) is 5.82 Å². The molecule has 0 aliphatic rings. The second-order valence-corrected chi connectivity index (χ2v) is 4.48. The van der Waals surface area contributed by atoms with Gasteiger partial charge >= 0.3 is 0 Å². The lowest BCUT2D eigenvalue weighted by molar-refractivity contribution is 0.383. The number of aryl methyl sites for hydroxylation is 1. The van der Waals surface area contributed by atoms with Gasteiger partial charge in [-0.05, 0) is 12.5 Å². The van der Waals surface area contributed by atoms with Crippen molar-refractivity contribution < 1.29 is 8.91 Å². The molecule has 0 unspecified atom stereocenters. The highest BCUT2D eigenvalue weighted by Gasteiger charge is 2.19. The molecule has 0 spiro atoms. The van der Waals surface area contributed by atoms with Crippen LogP contribution in [0.5, 0.6) is 0 Å². The maximum Gasteiger partial charge on any atom is 0.175 e. The Bertz CT molecular complexity index is 554. The normalized spacial score (nSPS) is 10.8. The Morgan fingerprint density at radius 3 is 2.94 bits per heavy atom. The van der Waals surface area contributed by atoms with E-state index in [4.69, 9.17) is 21.9 Å². The highest BCUT2D eigenvalue weighted by Crippen LogP contribution is 2.34. The minimum absolute atomic E-state index is 0.0644. The summed E-state index contributed by atoms with van der Waals surface area (Å²) in [5, 5.41) is 3.77. The number of unbranched alkanes of at least 4 members (excludes halogenated alkanes) is 1. The zero-order chi connectivity index (χ0) is 13.1. The molecular weight excluding hydrogens is 255 g/mol. The minimum Gasteiger partial charge on any atom is -0.380 e. The summed E-state index contributed by atoms with van der Waals surface area (Å²) in [6.45, 7) is 2.07. The molecule has 1 heterocycles. The fourth-order valence-electron chi connectivity index (χ4n) is 1.83. The van der Waals surface area contributed by atoms with Crippen molar-refractivity contribution in [2.24, 2.45) is 0 Å². The lowest BCUT2D eigenvalue weighted by Crippen LogP contribution is -1.94. The molecular formula is C13H14ClFN2O. The summed E-state index contributed by atoms with van der Waals surface area (Å²) in [7, 11) is 0. The molecule has 18 heavy (non-hydrogen) atoms. The third-order valence-electron chi connectivity index (χ3n) is 2.77. The second-order valence-electron chi connectivity index (χ2n) is 4.07. The molecule has 0 saturated carbocycles. The maximum absolute atomic E-state index is 14.0. The Hall–Kier alpha value is -1.55. The molecule has 0 atom stereocenters. The van der Waals surface area contributed by atoms with Crippen LogP contribution in [0.15, 0.2) is 22.7 Å². The molecule has 0 radical (unpaired) electrons. The van der Waals surface area contributed by atoms with Gasteiger partial charge in [-0.15, -0.1) is 0 Å². The first-order chi connectivity index (χ1) is 8.65. The molecule has 0 aliphatic heterocycles.